The van der Waals surface area contributed by atoms with Crippen LogP contribution < -0.4 is 4.90 Å². The highest BCUT2D eigenvalue weighted by atomic mass is 79.9. The van der Waals surface area contributed by atoms with Gasteiger partial charge in [-0.25, -0.2) is 4.90 Å². The lowest BCUT2D eigenvalue weighted by Gasteiger charge is -2.30. The minimum Gasteiger partial charge on any atom is -0.274 e. The number of carbonyl (C=O) groups excluding carboxylic acids is 2. The first-order valence-corrected chi connectivity index (χ1v) is 8.52. The monoisotopic (exact) mass is 349 g/mol. The van der Waals surface area contributed by atoms with Crippen molar-refractivity contribution < 1.29 is 9.59 Å². The second-order valence-electron chi connectivity index (χ2n) is 6.18. The molecule has 1 aromatic rings. The maximum Gasteiger partial charge on any atom is 0.240 e. The van der Waals surface area contributed by atoms with Crippen LogP contribution in [0.5, 0.6) is 0 Å². The zero-order valence-corrected chi connectivity index (χ0v) is 13.9. The molecular formula is C17H20BrNO2. The van der Waals surface area contributed by atoms with E-state index in [0.29, 0.717) is 6.42 Å². The number of amides is 2. The highest BCUT2D eigenvalue weighted by Gasteiger charge is 2.52. The van der Waals surface area contributed by atoms with Crippen molar-refractivity contribution in [3.05, 3.63) is 28.2 Å². The van der Waals surface area contributed by atoms with Crippen molar-refractivity contribution in [3.8, 4) is 0 Å². The van der Waals surface area contributed by atoms with Crippen LogP contribution in [-0.2, 0) is 16.0 Å². The molecule has 2 aliphatic rings. The molecule has 1 spiro atoms. The Kier molecular flexibility index (Phi) is 3.91. The number of rotatable bonds is 2. The van der Waals surface area contributed by atoms with E-state index in [1.54, 1.807) is 0 Å². The van der Waals surface area contributed by atoms with Crippen molar-refractivity contribution in [2.75, 3.05) is 4.90 Å². The molecule has 3 rings (SSSR count). The van der Waals surface area contributed by atoms with Gasteiger partial charge in [0.25, 0.3) is 0 Å². The maximum absolute atomic E-state index is 12.9. The normalized spacial score (nSPS) is 21.3. The van der Waals surface area contributed by atoms with Crippen molar-refractivity contribution in [1.29, 1.82) is 0 Å². The lowest BCUT2D eigenvalue weighted by molar-refractivity contribution is -0.127. The largest absolute Gasteiger partial charge is 0.274 e. The summed E-state index contributed by atoms with van der Waals surface area (Å²) < 4.78 is 0.981. The van der Waals surface area contributed by atoms with Gasteiger partial charge < -0.3 is 0 Å². The molecule has 0 N–H and O–H groups in total. The molecule has 0 aromatic heterocycles. The molecular weight excluding hydrogens is 330 g/mol. The van der Waals surface area contributed by atoms with Crippen molar-refractivity contribution in [3.63, 3.8) is 0 Å². The number of nitrogens with zero attached hydrogens (tertiary/aromatic N) is 1. The first-order valence-electron chi connectivity index (χ1n) is 7.73. The van der Waals surface area contributed by atoms with E-state index >= 15 is 0 Å². The van der Waals surface area contributed by atoms with Gasteiger partial charge in [-0.1, -0.05) is 42.1 Å². The Morgan fingerprint density at radius 2 is 1.90 bits per heavy atom. The topological polar surface area (TPSA) is 37.4 Å². The molecule has 1 aromatic carbocycles. The fourth-order valence-electron chi connectivity index (χ4n) is 3.71. The Balaban J connectivity index is 1.99. The summed E-state index contributed by atoms with van der Waals surface area (Å²) in [5.41, 5.74) is 1.41. The molecule has 2 fully saturated rings. The fraction of sp³-hybridized carbons (Fsp3) is 0.529. The molecule has 112 valence electrons. The minimum atomic E-state index is -0.409. The predicted molar refractivity (Wildman–Crippen MR) is 86.1 cm³/mol. The Morgan fingerprint density at radius 1 is 1.19 bits per heavy atom. The van der Waals surface area contributed by atoms with E-state index in [4.69, 9.17) is 0 Å². The van der Waals surface area contributed by atoms with E-state index in [1.165, 1.54) is 11.3 Å². The molecule has 1 saturated heterocycles. The zero-order valence-electron chi connectivity index (χ0n) is 12.3. The van der Waals surface area contributed by atoms with Crippen molar-refractivity contribution in [2.24, 2.45) is 5.41 Å². The SMILES string of the molecule is CCc1cc(Br)ccc1N1C(=O)CC2(CCCCC2)C1=O. The molecule has 3 nitrogen and oxygen atoms in total. The second-order valence-corrected chi connectivity index (χ2v) is 7.09. The van der Waals surface area contributed by atoms with Gasteiger partial charge in [-0.2, -0.15) is 0 Å². The van der Waals surface area contributed by atoms with Crippen molar-refractivity contribution in [2.45, 2.75) is 51.9 Å². The Hall–Kier alpha value is -1.16. The summed E-state index contributed by atoms with van der Waals surface area (Å²) in [5.74, 6) is 0.00291. The van der Waals surface area contributed by atoms with Crippen molar-refractivity contribution >= 4 is 33.4 Å². The summed E-state index contributed by atoms with van der Waals surface area (Å²) in [4.78, 5) is 26.9. The molecule has 0 atom stereocenters. The van der Waals surface area contributed by atoms with E-state index in [1.807, 2.05) is 25.1 Å². The minimum absolute atomic E-state index is 0.0288. The van der Waals surface area contributed by atoms with E-state index in [2.05, 4.69) is 15.9 Å². The first-order chi connectivity index (χ1) is 10.1. The third kappa shape index (κ3) is 2.44. The number of aryl methyl sites for hydroxylation is 1. The molecule has 1 heterocycles. The molecule has 1 aliphatic carbocycles. The van der Waals surface area contributed by atoms with Crippen molar-refractivity contribution in [1.82, 2.24) is 0 Å². The number of halogens is 1. The molecule has 1 saturated carbocycles. The number of anilines is 1. The number of hydrogen-bond donors (Lipinski definition) is 0. The smallest absolute Gasteiger partial charge is 0.240 e. The van der Waals surface area contributed by atoms with Crippen LogP contribution in [0.15, 0.2) is 22.7 Å². The highest BCUT2D eigenvalue weighted by Crippen LogP contribution is 2.47. The van der Waals surface area contributed by atoms with Gasteiger partial charge in [0.05, 0.1) is 11.1 Å². The predicted octanol–water partition coefficient (Wildman–Crippen LogP) is 4.23. The molecule has 0 unspecified atom stereocenters. The average Bonchev–Trinajstić information content (AvgIpc) is 2.71. The van der Waals surface area contributed by atoms with Gasteiger partial charge in [-0.05, 0) is 43.0 Å². The van der Waals surface area contributed by atoms with Crippen LogP contribution in [0.4, 0.5) is 5.69 Å². The summed E-state index contributed by atoms with van der Waals surface area (Å²) in [6, 6.07) is 5.79. The van der Waals surface area contributed by atoms with Gasteiger partial charge in [0.1, 0.15) is 0 Å². The summed E-state index contributed by atoms with van der Waals surface area (Å²) in [6.07, 6.45) is 6.24. The van der Waals surface area contributed by atoms with Gasteiger partial charge in [0.2, 0.25) is 11.8 Å². The molecule has 1 aliphatic heterocycles. The van der Waals surface area contributed by atoms with E-state index in [-0.39, 0.29) is 11.8 Å². The number of carbonyl (C=O) groups is 2. The van der Waals surface area contributed by atoms with Crippen LogP contribution in [0.1, 0.15) is 51.0 Å². The first kappa shape index (κ1) is 14.8. The Bertz CT molecular complexity index is 590. The van der Waals surface area contributed by atoms with Crippen LogP contribution in [-0.4, -0.2) is 11.8 Å². The molecule has 0 bridgehead atoms. The van der Waals surface area contributed by atoms with Crippen LogP contribution in [0, 0.1) is 5.41 Å². The molecule has 2 amide bonds. The number of benzene rings is 1. The number of imide groups is 1. The standard InChI is InChI=1S/C17H20BrNO2/c1-2-12-10-13(18)6-7-14(12)19-15(20)11-17(16(19)21)8-4-3-5-9-17/h6-7,10H,2-5,8-9,11H2,1H3. The molecule has 21 heavy (non-hydrogen) atoms. The van der Waals surface area contributed by atoms with Gasteiger partial charge in [-0.3, -0.25) is 9.59 Å². The van der Waals surface area contributed by atoms with Gasteiger partial charge in [0.15, 0.2) is 0 Å². The lowest BCUT2D eigenvalue weighted by Crippen LogP contribution is -2.37. The summed E-state index contributed by atoms with van der Waals surface area (Å²) in [6.45, 7) is 2.05. The Labute approximate surface area is 133 Å². The summed E-state index contributed by atoms with van der Waals surface area (Å²) in [7, 11) is 0. The lowest BCUT2D eigenvalue weighted by atomic mass is 9.73. The van der Waals surface area contributed by atoms with E-state index in [9.17, 15) is 9.59 Å². The van der Waals surface area contributed by atoms with Crippen LogP contribution >= 0.6 is 15.9 Å². The fourth-order valence-corrected chi connectivity index (χ4v) is 4.12. The molecule has 0 radical (unpaired) electrons. The quantitative estimate of drug-likeness (QED) is 0.749. The van der Waals surface area contributed by atoms with Gasteiger partial charge >= 0.3 is 0 Å². The highest BCUT2D eigenvalue weighted by molar-refractivity contribution is 9.10. The summed E-state index contributed by atoms with van der Waals surface area (Å²) in [5, 5.41) is 0. The summed E-state index contributed by atoms with van der Waals surface area (Å²) >= 11 is 3.46. The maximum atomic E-state index is 12.9. The second kappa shape index (κ2) is 5.56. The van der Waals surface area contributed by atoms with E-state index < -0.39 is 5.41 Å². The van der Waals surface area contributed by atoms with Gasteiger partial charge in [-0.15, -0.1) is 0 Å². The van der Waals surface area contributed by atoms with Gasteiger partial charge in [0, 0.05) is 10.9 Å². The van der Waals surface area contributed by atoms with Crippen LogP contribution in [0.3, 0.4) is 0 Å². The zero-order chi connectivity index (χ0) is 15.0. The van der Waals surface area contributed by atoms with Crippen LogP contribution in [0.2, 0.25) is 0 Å². The third-order valence-corrected chi connectivity index (χ3v) is 5.36. The van der Waals surface area contributed by atoms with E-state index in [0.717, 1.165) is 47.8 Å². The Morgan fingerprint density at radius 3 is 2.57 bits per heavy atom. The molecule has 4 heteroatoms. The average molecular weight is 350 g/mol. The van der Waals surface area contributed by atoms with Crippen LogP contribution in [0.25, 0.3) is 0 Å². The third-order valence-electron chi connectivity index (χ3n) is 4.87. The number of hydrogen-bond acceptors (Lipinski definition) is 2.